The molecular formula is C13H20N4O2. The number of aromatic nitrogens is 4. The van der Waals surface area contributed by atoms with E-state index in [9.17, 15) is 9.59 Å². The topological polar surface area (TPSA) is 61.8 Å². The molecule has 0 atom stereocenters. The van der Waals surface area contributed by atoms with E-state index in [4.69, 9.17) is 9.60 Å². The molecular weight excluding hydrogens is 244 g/mol. The summed E-state index contributed by atoms with van der Waals surface area (Å²) in [6, 6.07) is 0. The van der Waals surface area contributed by atoms with Gasteiger partial charge in [-0.15, -0.1) is 0 Å². The third-order valence-corrected chi connectivity index (χ3v) is 2.97. The Hall–Kier alpha value is -1.85. The van der Waals surface area contributed by atoms with Crippen molar-refractivity contribution in [2.75, 3.05) is 0 Å². The van der Waals surface area contributed by atoms with E-state index in [2.05, 4.69) is 4.98 Å². The number of hydrogen-bond donors (Lipinski definition) is 0. The lowest BCUT2D eigenvalue weighted by molar-refractivity contribution is 0.539. The lowest BCUT2D eigenvalue weighted by atomic mass is 10.2. The Balaban J connectivity index is 2.30. The van der Waals surface area contributed by atoms with Crippen molar-refractivity contribution >= 4 is 11.2 Å². The average molecular weight is 271 g/mol. The van der Waals surface area contributed by atoms with Crippen LogP contribution in [0, 0.1) is 0 Å². The Morgan fingerprint density at radius 2 is 2.16 bits per heavy atom. The molecule has 0 aliphatic carbocycles. The van der Waals surface area contributed by atoms with Crippen molar-refractivity contribution in [1.82, 2.24) is 18.7 Å². The van der Waals surface area contributed by atoms with Gasteiger partial charge in [0.1, 0.15) is 0 Å². The highest BCUT2D eigenvalue weighted by atomic mass is 16.2. The van der Waals surface area contributed by atoms with Crippen molar-refractivity contribution in [3.8, 4) is 0 Å². The maximum absolute atomic E-state index is 12.5. The van der Waals surface area contributed by atoms with Crippen molar-refractivity contribution < 1.29 is 9.60 Å². The largest absolute Gasteiger partial charge is 0.332 e. The molecule has 2 aromatic rings. The SMILES string of the molecule is [2H]C([2H])([2H])C([2H])([2H])C([2H])([2H])CCCn1c(=O)c2c(ncn2C)n(C)c1=O. The lowest BCUT2D eigenvalue weighted by Gasteiger charge is -2.08. The number of nitrogens with zero attached hydrogens (tertiary/aromatic N) is 4. The maximum atomic E-state index is 12.5. The molecule has 0 aliphatic heterocycles. The van der Waals surface area contributed by atoms with Crippen molar-refractivity contribution in [3.63, 3.8) is 0 Å². The molecule has 0 radical (unpaired) electrons. The summed E-state index contributed by atoms with van der Waals surface area (Å²) in [6.07, 6.45) is -4.84. The van der Waals surface area contributed by atoms with Crippen molar-refractivity contribution in [2.45, 2.75) is 39.0 Å². The van der Waals surface area contributed by atoms with Gasteiger partial charge in [0, 0.05) is 30.2 Å². The summed E-state index contributed by atoms with van der Waals surface area (Å²) in [5, 5.41) is 0. The number of fused-ring (bicyclic) bond motifs is 1. The number of aryl methyl sites for hydroxylation is 2. The predicted molar refractivity (Wildman–Crippen MR) is 74.4 cm³/mol. The van der Waals surface area contributed by atoms with E-state index < -0.39 is 37.3 Å². The molecule has 0 aromatic carbocycles. The molecule has 0 saturated heterocycles. The lowest BCUT2D eigenvalue weighted by Crippen LogP contribution is -2.39. The Bertz CT molecular complexity index is 939. The van der Waals surface area contributed by atoms with Crippen molar-refractivity contribution in [1.29, 1.82) is 0 Å². The summed E-state index contributed by atoms with van der Waals surface area (Å²) in [6.45, 7) is -3.29. The van der Waals surface area contributed by atoms with Crippen LogP contribution < -0.4 is 11.2 Å². The molecule has 104 valence electrons. The third-order valence-electron chi connectivity index (χ3n) is 2.97. The van der Waals surface area contributed by atoms with Crippen LogP contribution in [0.2, 0.25) is 0 Å². The highest BCUT2D eigenvalue weighted by Gasteiger charge is 2.14. The van der Waals surface area contributed by atoms with E-state index in [1.54, 1.807) is 7.05 Å². The van der Waals surface area contributed by atoms with Gasteiger partial charge in [-0.1, -0.05) is 26.0 Å². The molecule has 0 spiro atoms. The highest BCUT2D eigenvalue weighted by Crippen LogP contribution is 2.04. The smallest absolute Gasteiger partial charge is 0.328 e. The van der Waals surface area contributed by atoms with Gasteiger partial charge in [-0.25, -0.2) is 9.78 Å². The first-order valence-corrected chi connectivity index (χ1v) is 5.83. The van der Waals surface area contributed by atoms with E-state index >= 15 is 0 Å². The van der Waals surface area contributed by atoms with Gasteiger partial charge in [-0.3, -0.25) is 13.9 Å². The van der Waals surface area contributed by atoms with Gasteiger partial charge in [0.2, 0.25) is 0 Å². The fourth-order valence-electron chi connectivity index (χ4n) is 1.98. The first-order chi connectivity index (χ1) is 11.7. The molecule has 6 heteroatoms. The second-order valence-corrected chi connectivity index (χ2v) is 4.23. The molecule has 0 amide bonds. The van der Waals surface area contributed by atoms with E-state index in [1.807, 2.05) is 0 Å². The van der Waals surface area contributed by atoms with Crippen molar-refractivity contribution in [2.24, 2.45) is 14.1 Å². The van der Waals surface area contributed by atoms with Gasteiger partial charge in [0.05, 0.1) is 6.33 Å². The van der Waals surface area contributed by atoms with E-state index in [0.29, 0.717) is 0 Å². The third kappa shape index (κ3) is 2.34. The minimum absolute atomic E-state index is 0.0822. The van der Waals surface area contributed by atoms with Crippen LogP contribution in [-0.2, 0) is 20.6 Å². The Labute approximate surface area is 121 Å². The van der Waals surface area contributed by atoms with Gasteiger partial charge in [-0.2, -0.15) is 0 Å². The number of imidazole rings is 1. The summed E-state index contributed by atoms with van der Waals surface area (Å²) in [5.74, 6) is 0. The Morgan fingerprint density at radius 1 is 1.37 bits per heavy atom. The van der Waals surface area contributed by atoms with Crippen LogP contribution >= 0.6 is 0 Å². The second kappa shape index (κ2) is 5.42. The van der Waals surface area contributed by atoms with Crippen LogP contribution in [0.3, 0.4) is 0 Å². The van der Waals surface area contributed by atoms with Crippen LogP contribution in [0.1, 0.15) is 42.0 Å². The highest BCUT2D eigenvalue weighted by molar-refractivity contribution is 5.69. The summed E-state index contributed by atoms with van der Waals surface area (Å²) in [4.78, 5) is 28.9. The molecule has 6 nitrogen and oxygen atoms in total. The van der Waals surface area contributed by atoms with Crippen LogP contribution in [0.25, 0.3) is 11.2 Å². The quantitative estimate of drug-likeness (QED) is 0.815. The van der Waals surface area contributed by atoms with Gasteiger partial charge in [0.15, 0.2) is 11.2 Å². The molecule has 2 heterocycles. The van der Waals surface area contributed by atoms with E-state index in [-0.39, 0.29) is 24.1 Å². The number of rotatable bonds is 5. The molecule has 0 unspecified atom stereocenters. The Morgan fingerprint density at radius 3 is 2.89 bits per heavy atom. The van der Waals surface area contributed by atoms with E-state index in [0.717, 1.165) is 4.57 Å². The molecule has 0 aliphatic rings. The molecule has 0 fully saturated rings. The minimum atomic E-state index is -3.13. The summed E-state index contributed by atoms with van der Waals surface area (Å²) in [7, 11) is 3.06. The van der Waals surface area contributed by atoms with Crippen LogP contribution in [0.15, 0.2) is 15.9 Å². The summed E-state index contributed by atoms with van der Waals surface area (Å²) >= 11 is 0. The average Bonchev–Trinajstić information content (AvgIpc) is 2.89. The standard InChI is InChI=1S/C13H20N4O2/c1-4-5-6-7-8-17-12(18)10-11(14-9-15(10)2)16(3)13(17)19/h9H,4-8H2,1-3H3/i1D3,4D2,5D2. The number of hydrogen-bond acceptors (Lipinski definition) is 3. The van der Waals surface area contributed by atoms with Crippen molar-refractivity contribution in [3.05, 3.63) is 27.2 Å². The van der Waals surface area contributed by atoms with Crippen LogP contribution in [0.5, 0.6) is 0 Å². The monoisotopic (exact) mass is 271 g/mol. The van der Waals surface area contributed by atoms with Gasteiger partial charge in [0.25, 0.3) is 5.56 Å². The zero-order valence-corrected chi connectivity index (χ0v) is 10.8. The minimum Gasteiger partial charge on any atom is -0.328 e. The fraction of sp³-hybridized carbons (Fsp3) is 0.615. The van der Waals surface area contributed by atoms with Gasteiger partial charge < -0.3 is 4.57 Å². The van der Waals surface area contributed by atoms with Gasteiger partial charge >= 0.3 is 5.69 Å². The molecule has 0 bridgehead atoms. The second-order valence-electron chi connectivity index (χ2n) is 4.23. The summed E-state index contributed by atoms with van der Waals surface area (Å²) in [5.41, 5.74) is -0.760. The van der Waals surface area contributed by atoms with Gasteiger partial charge in [-0.05, 0) is 6.42 Å². The normalized spacial score (nSPS) is 18.9. The molecule has 2 aromatic heterocycles. The maximum Gasteiger partial charge on any atom is 0.332 e. The van der Waals surface area contributed by atoms with E-state index in [1.165, 1.54) is 22.5 Å². The van der Waals surface area contributed by atoms with Crippen LogP contribution in [-0.4, -0.2) is 18.7 Å². The molecule has 19 heavy (non-hydrogen) atoms. The molecule has 0 saturated carbocycles. The summed E-state index contributed by atoms with van der Waals surface area (Å²) < 4.78 is 55.9. The zero-order chi connectivity index (χ0) is 20.1. The molecule has 2 rings (SSSR count). The predicted octanol–water partition coefficient (Wildman–Crippen LogP) is 1.01. The first kappa shape index (κ1) is 7.07. The van der Waals surface area contributed by atoms with Crippen LogP contribution in [0.4, 0.5) is 0 Å². The fourth-order valence-corrected chi connectivity index (χ4v) is 1.98. The first-order valence-electron chi connectivity index (χ1n) is 9.33. The Kier molecular flexibility index (Phi) is 2.02. The zero-order valence-electron chi connectivity index (χ0n) is 17.8. The molecule has 0 N–H and O–H groups in total.